The van der Waals surface area contributed by atoms with Gasteiger partial charge in [-0.2, -0.15) is 0 Å². The summed E-state index contributed by atoms with van der Waals surface area (Å²) in [6.07, 6.45) is 0.500. The predicted molar refractivity (Wildman–Crippen MR) is 90.9 cm³/mol. The number of anilines is 1. The van der Waals surface area contributed by atoms with E-state index in [0.717, 1.165) is 5.56 Å². The lowest BCUT2D eigenvalue weighted by molar-refractivity contribution is -0.384. The highest BCUT2D eigenvalue weighted by Crippen LogP contribution is 2.37. The summed E-state index contributed by atoms with van der Waals surface area (Å²) in [6.45, 7) is 0.229. The molecular weight excluding hydrogens is 348 g/mol. The zero-order valence-electron chi connectivity index (χ0n) is 13.6. The summed E-state index contributed by atoms with van der Waals surface area (Å²) >= 11 is 0. The lowest BCUT2D eigenvalue weighted by Crippen LogP contribution is -2.29. The third kappa shape index (κ3) is 2.86. The molecule has 2 aromatic carbocycles. The quantitative estimate of drug-likeness (QED) is 0.596. The Morgan fingerprint density at radius 1 is 1.08 bits per heavy atom. The van der Waals surface area contributed by atoms with E-state index < -0.39 is 14.9 Å². The Balaban J connectivity index is 2.06. The molecule has 9 heteroatoms. The minimum absolute atomic E-state index is 0.0320. The molecule has 2 aromatic rings. The van der Waals surface area contributed by atoms with Crippen molar-refractivity contribution in [2.75, 3.05) is 25.1 Å². The van der Waals surface area contributed by atoms with E-state index >= 15 is 0 Å². The van der Waals surface area contributed by atoms with E-state index in [0.29, 0.717) is 23.6 Å². The largest absolute Gasteiger partial charge is 0.493 e. The molecule has 8 nitrogen and oxygen atoms in total. The standard InChI is InChI=1S/C16H16N2O6S/c1-23-15-6-5-13(10-16(15)24-2)25(21,22)17-8-7-11-3-4-12(18(19)20)9-14(11)17/h3-6,9-10H,7-8H2,1-2H3. The zero-order chi connectivity index (χ0) is 18.2. The van der Waals surface area contributed by atoms with Crippen LogP contribution < -0.4 is 13.8 Å². The molecule has 0 saturated heterocycles. The number of hydrogen-bond acceptors (Lipinski definition) is 6. The van der Waals surface area contributed by atoms with E-state index in [1.54, 1.807) is 6.07 Å². The number of methoxy groups -OCH3 is 2. The van der Waals surface area contributed by atoms with Gasteiger partial charge in [-0.05, 0) is 24.1 Å². The van der Waals surface area contributed by atoms with Crippen LogP contribution in [0.15, 0.2) is 41.3 Å². The van der Waals surface area contributed by atoms with Gasteiger partial charge in [0.15, 0.2) is 11.5 Å². The van der Waals surface area contributed by atoms with E-state index in [1.165, 1.54) is 48.9 Å². The first-order valence-corrected chi connectivity index (χ1v) is 8.84. The second-order valence-corrected chi connectivity index (χ2v) is 7.28. The molecule has 0 radical (unpaired) electrons. The Morgan fingerprint density at radius 2 is 1.80 bits per heavy atom. The maximum atomic E-state index is 13.0. The van der Waals surface area contributed by atoms with Crippen LogP contribution in [-0.2, 0) is 16.4 Å². The molecule has 0 aliphatic carbocycles. The summed E-state index contributed by atoms with van der Waals surface area (Å²) in [5.74, 6) is 0.709. The van der Waals surface area contributed by atoms with Crippen LogP contribution in [0.1, 0.15) is 5.56 Å². The van der Waals surface area contributed by atoms with Gasteiger partial charge >= 0.3 is 0 Å². The lowest BCUT2D eigenvalue weighted by Gasteiger charge is -2.20. The van der Waals surface area contributed by atoms with Crippen LogP contribution in [0.2, 0.25) is 0 Å². The molecule has 0 saturated carbocycles. The van der Waals surface area contributed by atoms with Crippen molar-refractivity contribution >= 4 is 21.4 Å². The van der Waals surface area contributed by atoms with E-state index in [-0.39, 0.29) is 17.1 Å². The van der Waals surface area contributed by atoms with Crippen molar-refractivity contribution in [2.45, 2.75) is 11.3 Å². The molecule has 0 spiro atoms. The highest BCUT2D eigenvalue weighted by atomic mass is 32.2. The molecule has 0 atom stereocenters. The van der Waals surface area contributed by atoms with Crippen LogP contribution in [0, 0.1) is 10.1 Å². The van der Waals surface area contributed by atoms with Crippen molar-refractivity contribution in [3.05, 3.63) is 52.1 Å². The van der Waals surface area contributed by atoms with E-state index in [1.807, 2.05) is 0 Å². The van der Waals surface area contributed by atoms with Crippen molar-refractivity contribution in [1.29, 1.82) is 0 Å². The fraction of sp³-hybridized carbons (Fsp3) is 0.250. The maximum Gasteiger partial charge on any atom is 0.271 e. The van der Waals surface area contributed by atoms with Crippen LogP contribution in [0.25, 0.3) is 0 Å². The van der Waals surface area contributed by atoms with Crippen LogP contribution in [-0.4, -0.2) is 34.1 Å². The molecule has 25 heavy (non-hydrogen) atoms. The second-order valence-electron chi connectivity index (χ2n) is 5.41. The number of benzene rings is 2. The van der Waals surface area contributed by atoms with Gasteiger partial charge in [0.25, 0.3) is 15.7 Å². The number of ether oxygens (including phenoxy) is 2. The molecule has 0 unspecified atom stereocenters. The molecule has 0 amide bonds. The Bertz CT molecular complexity index is 942. The first kappa shape index (κ1) is 17.0. The lowest BCUT2D eigenvalue weighted by atomic mass is 10.1. The zero-order valence-corrected chi connectivity index (χ0v) is 14.4. The monoisotopic (exact) mass is 364 g/mol. The normalized spacial score (nSPS) is 13.4. The van der Waals surface area contributed by atoms with E-state index in [4.69, 9.17) is 9.47 Å². The van der Waals surface area contributed by atoms with Crippen molar-refractivity contribution < 1.29 is 22.8 Å². The Kier molecular flexibility index (Phi) is 4.25. The highest BCUT2D eigenvalue weighted by Gasteiger charge is 2.32. The fourth-order valence-corrected chi connectivity index (χ4v) is 4.32. The van der Waals surface area contributed by atoms with Crippen LogP contribution >= 0.6 is 0 Å². The average molecular weight is 364 g/mol. The van der Waals surface area contributed by atoms with Crippen molar-refractivity contribution in [2.24, 2.45) is 0 Å². The number of nitrogens with zero attached hydrogens (tertiary/aromatic N) is 2. The maximum absolute atomic E-state index is 13.0. The predicted octanol–water partition coefficient (Wildman–Crippen LogP) is 2.36. The SMILES string of the molecule is COc1ccc(S(=O)(=O)N2CCc3ccc([N+](=O)[O-])cc32)cc1OC. The third-order valence-corrected chi connectivity index (χ3v) is 5.88. The first-order valence-electron chi connectivity index (χ1n) is 7.40. The van der Waals surface area contributed by atoms with E-state index in [2.05, 4.69) is 0 Å². The molecular formula is C16H16N2O6S. The number of rotatable bonds is 5. The van der Waals surface area contributed by atoms with Gasteiger partial charge in [0.1, 0.15) is 0 Å². The summed E-state index contributed by atoms with van der Waals surface area (Å²) in [7, 11) is -0.997. The second kappa shape index (κ2) is 6.25. The molecule has 1 aliphatic rings. The summed E-state index contributed by atoms with van der Waals surface area (Å²) < 4.78 is 37.5. The Labute approximate surface area is 144 Å². The van der Waals surface area contributed by atoms with Crippen LogP contribution in [0.4, 0.5) is 11.4 Å². The number of sulfonamides is 1. The third-order valence-electron chi connectivity index (χ3n) is 4.08. The smallest absolute Gasteiger partial charge is 0.271 e. The molecule has 1 heterocycles. The van der Waals surface area contributed by atoms with Crippen molar-refractivity contribution in [3.8, 4) is 11.5 Å². The van der Waals surface area contributed by atoms with Crippen LogP contribution in [0.3, 0.4) is 0 Å². The van der Waals surface area contributed by atoms with Gasteiger partial charge in [-0.3, -0.25) is 14.4 Å². The number of fused-ring (bicyclic) bond motifs is 1. The van der Waals surface area contributed by atoms with Gasteiger partial charge in [0.05, 0.1) is 29.7 Å². The molecule has 132 valence electrons. The molecule has 1 aliphatic heterocycles. The molecule has 0 N–H and O–H groups in total. The first-order chi connectivity index (χ1) is 11.9. The van der Waals surface area contributed by atoms with Gasteiger partial charge in [0.2, 0.25) is 0 Å². The number of nitro groups is 1. The van der Waals surface area contributed by atoms with Crippen LogP contribution in [0.5, 0.6) is 11.5 Å². The summed E-state index contributed by atoms with van der Waals surface area (Å²) in [4.78, 5) is 10.5. The summed E-state index contributed by atoms with van der Waals surface area (Å²) in [5.41, 5.74) is 0.951. The molecule has 0 fully saturated rings. The van der Waals surface area contributed by atoms with Gasteiger partial charge in [0, 0.05) is 24.7 Å². The van der Waals surface area contributed by atoms with Gasteiger partial charge in [-0.15, -0.1) is 0 Å². The number of nitro benzene ring substituents is 1. The summed E-state index contributed by atoms with van der Waals surface area (Å²) in [5, 5.41) is 11.0. The number of hydrogen-bond donors (Lipinski definition) is 0. The molecule has 0 aromatic heterocycles. The Morgan fingerprint density at radius 3 is 2.44 bits per heavy atom. The molecule has 0 bridgehead atoms. The fourth-order valence-electron chi connectivity index (χ4n) is 2.81. The minimum atomic E-state index is -3.88. The van der Waals surface area contributed by atoms with E-state index in [9.17, 15) is 18.5 Å². The highest BCUT2D eigenvalue weighted by molar-refractivity contribution is 7.92. The Hall–Kier alpha value is -2.81. The molecule has 3 rings (SSSR count). The van der Waals surface area contributed by atoms with Gasteiger partial charge < -0.3 is 9.47 Å². The van der Waals surface area contributed by atoms with Gasteiger partial charge in [-0.1, -0.05) is 6.07 Å². The van der Waals surface area contributed by atoms with Crippen molar-refractivity contribution in [1.82, 2.24) is 0 Å². The average Bonchev–Trinajstić information content (AvgIpc) is 3.04. The number of non-ortho nitro benzene ring substituents is 1. The summed E-state index contributed by atoms with van der Waals surface area (Å²) in [6, 6.07) is 8.58. The minimum Gasteiger partial charge on any atom is -0.493 e. The topological polar surface area (TPSA) is 99.0 Å². The van der Waals surface area contributed by atoms with Gasteiger partial charge in [-0.25, -0.2) is 8.42 Å². The van der Waals surface area contributed by atoms with Crippen molar-refractivity contribution in [3.63, 3.8) is 0 Å².